The lowest BCUT2D eigenvalue weighted by atomic mass is 9.96. The van der Waals surface area contributed by atoms with Gasteiger partial charge in [-0.3, -0.25) is 4.79 Å². The summed E-state index contributed by atoms with van der Waals surface area (Å²) < 4.78 is 0. The summed E-state index contributed by atoms with van der Waals surface area (Å²) in [6, 6.07) is 1.75. The number of phenolic OH excluding ortho intramolecular Hbond substituents is 1. The molecule has 0 aromatic heterocycles. The summed E-state index contributed by atoms with van der Waals surface area (Å²) in [7, 11) is 0. The van der Waals surface area contributed by atoms with Crippen molar-refractivity contribution in [3.8, 4) is 5.75 Å². The monoisotopic (exact) mass is 260 g/mol. The molecule has 0 saturated carbocycles. The Hall–Kier alpha value is -2.03. The third-order valence-electron chi connectivity index (χ3n) is 3.24. The number of aliphatic carboxylic acids is 1. The summed E-state index contributed by atoms with van der Waals surface area (Å²) in [6.07, 6.45) is 5.57. The van der Waals surface area contributed by atoms with Crippen LogP contribution in [0.3, 0.4) is 0 Å². The summed E-state index contributed by atoms with van der Waals surface area (Å²) in [5.74, 6) is -0.522. The predicted octanol–water partition coefficient (Wildman–Crippen LogP) is 3.75. The summed E-state index contributed by atoms with van der Waals surface area (Å²) in [5.41, 5.74) is 4.89. The van der Waals surface area contributed by atoms with E-state index in [1.54, 1.807) is 12.1 Å². The zero-order valence-corrected chi connectivity index (χ0v) is 11.8. The smallest absolute Gasteiger partial charge is 0.307 e. The molecule has 0 aliphatic carbocycles. The van der Waals surface area contributed by atoms with Crippen molar-refractivity contribution in [1.29, 1.82) is 0 Å². The minimum atomic E-state index is -0.833. The van der Waals surface area contributed by atoms with Crippen molar-refractivity contribution in [3.63, 3.8) is 0 Å². The van der Waals surface area contributed by atoms with Gasteiger partial charge in [-0.2, -0.15) is 0 Å². The first kappa shape index (κ1) is 15.0. The van der Waals surface area contributed by atoms with Crippen LogP contribution in [-0.4, -0.2) is 16.2 Å². The van der Waals surface area contributed by atoms with Crippen LogP contribution >= 0.6 is 0 Å². The highest BCUT2D eigenvalue weighted by Crippen LogP contribution is 2.27. The number of benzene rings is 1. The number of aryl methyl sites for hydroxylation is 1. The lowest BCUT2D eigenvalue weighted by Crippen LogP contribution is -1.92. The lowest BCUT2D eigenvalue weighted by Gasteiger charge is -2.10. The zero-order chi connectivity index (χ0) is 14.6. The molecule has 19 heavy (non-hydrogen) atoms. The number of rotatable bonds is 4. The molecule has 0 bridgehead atoms. The Morgan fingerprint density at radius 1 is 1.26 bits per heavy atom. The Kier molecular flexibility index (Phi) is 4.93. The van der Waals surface area contributed by atoms with Gasteiger partial charge in [-0.25, -0.2) is 0 Å². The van der Waals surface area contributed by atoms with Gasteiger partial charge in [0, 0.05) is 0 Å². The lowest BCUT2D eigenvalue weighted by molar-refractivity contribution is -0.136. The van der Waals surface area contributed by atoms with Crippen molar-refractivity contribution in [2.75, 3.05) is 0 Å². The highest BCUT2D eigenvalue weighted by Gasteiger charge is 2.06. The maximum atomic E-state index is 10.5. The van der Waals surface area contributed by atoms with Crippen LogP contribution in [0.2, 0.25) is 0 Å². The molecule has 0 spiro atoms. The van der Waals surface area contributed by atoms with E-state index in [9.17, 15) is 9.90 Å². The first-order chi connectivity index (χ1) is 8.82. The number of allylic oxidation sites excluding steroid dienone is 2. The normalized spacial score (nSPS) is 12.1. The predicted molar refractivity (Wildman–Crippen MR) is 77.4 cm³/mol. The zero-order valence-electron chi connectivity index (χ0n) is 11.8. The Morgan fingerprint density at radius 2 is 1.89 bits per heavy atom. The fourth-order valence-electron chi connectivity index (χ4n) is 1.87. The molecule has 2 N–H and O–H groups in total. The van der Waals surface area contributed by atoms with Crippen molar-refractivity contribution < 1.29 is 15.0 Å². The molecule has 0 aliphatic heterocycles. The standard InChI is InChI=1S/C16H20O3/c1-10(6-8-16(18)19)5-7-14-11(2)9-15(17)13(4)12(14)3/h5-7,9,17H,8H2,1-4H3,(H,18,19)/b7-5+,10-6+. The highest BCUT2D eigenvalue weighted by molar-refractivity contribution is 5.69. The number of hydrogen-bond donors (Lipinski definition) is 2. The molecule has 0 aliphatic rings. The SMILES string of the molecule is CC(/C=C/c1c(C)cc(O)c(C)c1C)=C\CC(=O)O. The number of carboxylic acid groups (broad SMARTS) is 1. The van der Waals surface area contributed by atoms with E-state index >= 15 is 0 Å². The average molecular weight is 260 g/mol. The minimum Gasteiger partial charge on any atom is -0.508 e. The molecule has 0 radical (unpaired) electrons. The Balaban J connectivity index is 3.03. The Labute approximate surface area is 113 Å². The van der Waals surface area contributed by atoms with E-state index in [-0.39, 0.29) is 6.42 Å². The van der Waals surface area contributed by atoms with E-state index in [0.29, 0.717) is 5.75 Å². The van der Waals surface area contributed by atoms with Crippen LogP contribution < -0.4 is 0 Å². The van der Waals surface area contributed by atoms with Crippen LogP contribution in [0.1, 0.15) is 35.6 Å². The molecule has 0 heterocycles. The van der Waals surface area contributed by atoms with Crippen molar-refractivity contribution in [2.24, 2.45) is 0 Å². The number of hydrogen-bond acceptors (Lipinski definition) is 2. The fraction of sp³-hybridized carbons (Fsp3) is 0.312. The molecule has 1 aromatic carbocycles. The second kappa shape index (κ2) is 6.23. The fourth-order valence-corrected chi connectivity index (χ4v) is 1.87. The third-order valence-corrected chi connectivity index (χ3v) is 3.24. The Morgan fingerprint density at radius 3 is 2.47 bits per heavy atom. The average Bonchev–Trinajstić information content (AvgIpc) is 2.33. The maximum Gasteiger partial charge on any atom is 0.307 e. The van der Waals surface area contributed by atoms with Gasteiger partial charge < -0.3 is 10.2 Å². The minimum absolute atomic E-state index is 0.0305. The second-order valence-electron chi connectivity index (χ2n) is 4.76. The van der Waals surface area contributed by atoms with Gasteiger partial charge in [0.2, 0.25) is 0 Å². The van der Waals surface area contributed by atoms with Gasteiger partial charge in [0.25, 0.3) is 0 Å². The van der Waals surface area contributed by atoms with Gasteiger partial charge in [0.05, 0.1) is 6.42 Å². The summed E-state index contributed by atoms with van der Waals surface area (Å²) in [6.45, 7) is 7.67. The molecule has 0 saturated heterocycles. The van der Waals surface area contributed by atoms with Crippen molar-refractivity contribution in [3.05, 3.63) is 46.0 Å². The summed E-state index contributed by atoms with van der Waals surface area (Å²) >= 11 is 0. The van der Waals surface area contributed by atoms with E-state index in [1.807, 2.05) is 39.8 Å². The van der Waals surface area contributed by atoms with Gasteiger partial charge in [-0.05, 0) is 56.0 Å². The molecule has 1 rings (SSSR count). The number of phenols is 1. The van der Waals surface area contributed by atoms with E-state index in [1.165, 1.54) is 0 Å². The third kappa shape index (κ3) is 3.98. The number of aromatic hydroxyl groups is 1. The van der Waals surface area contributed by atoms with Crippen LogP contribution in [0.25, 0.3) is 6.08 Å². The molecule has 3 nitrogen and oxygen atoms in total. The van der Waals surface area contributed by atoms with E-state index in [4.69, 9.17) is 5.11 Å². The second-order valence-corrected chi connectivity index (χ2v) is 4.76. The van der Waals surface area contributed by atoms with Gasteiger partial charge in [-0.1, -0.05) is 23.8 Å². The van der Waals surface area contributed by atoms with Crippen LogP contribution in [0, 0.1) is 20.8 Å². The van der Waals surface area contributed by atoms with Gasteiger partial charge in [0.15, 0.2) is 0 Å². The van der Waals surface area contributed by atoms with Crippen molar-refractivity contribution >= 4 is 12.0 Å². The number of carboxylic acids is 1. The molecule has 0 atom stereocenters. The Bertz CT molecular complexity index is 552. The molecule has 3 heteroatoms. The first-order valence-electron chi connectivity index (χ1n) is 6.19. The highest BCUT2D eigenvalue weighted by atomic mass is 16.4. The van der Waals surface area contributed by atoms with Crippen molar-refractivity contribution in [1.82, 2.24) is 0 Å². The van der Waals surface area contributed by atoms with Crippen molar-refractivity contribution in [2.45, 2.75) is 34.1 Å². The largest absolute Gasteiger partial charge is 0.508 e. The van der Waals surface area contributed by atoms with E-state index in [0.717, 1.165) is 27.8 Å². The summed E-state index contributed by atoms with van der Waals surface area (Å²) in [5, 5.41) is 18.3. The molecule has 102 valence electrons. The van der Waals surface area contributed by atoms with Crippen LogP contribution in [-0.2, 0) is 4.79 Å². The quantitative estimate of drug-likeness (QED) is 0.810. The molecular formula is C16H20O3. The van der Waals surface area contributed by atoms with Crippen LogP contribution in [0.4, 0.5) is 0 Å². The molecule has 1 aromatic rings. The van der Waals surface area contributed by atoms with E-state index in [2.05, 4.69) is 0 Å². The first-order valence-corrected chi connectivity index (χ1v) is 6.19. The van der Waals surface area contributed by atoms with Gasteiger partial charge >= 0.3 is 5.97 Å². The maximum absolute atomic E-state index is 10.5. The van der Waals surface area contributed by atoms with E-state index < -0.39 is 5.97 Å². The van der Waals surface area contributed by atoms with Gasteiger partial charge in [0.1, 0.15) is 5.75 Å². The topological polar surface area (TPSA) is 57.5 Å². The number of carbonyl (C=O) groups is 1. The molecule has 0 amide bonds. The molecular weight excluding hydrogens is 240 g/mol. The summed E-state index contributed by atoms with van der Waals surface area (Å²) in [4.78, 5) is 10.5. The van der Waals surface area contributed by atoms with Crippen LogP contribution in [0.5, 0.6) is 5.75 Å². The van der Waals surface area contributed by atoms with Crippen LogP contribution in [0.15, 0.2) is 23.8 Å². The molecule has 0 fully saturated rings. The van der Waals surface area contributed by atoms with Gasteiger partial charge in [-0.15, -0.1) is 0 Å². The molecule has 0 unspecified atom stereocenters.